The van der Waals surface area contributed by atoms with Gasteiger partial charge in [0.05, 0.1) is 12.4 Å². The number of rotatable bonds is 3. The van der Waals surface area contributed by atoms with Gasteiger partial charge in [0.2, 0.25) is 0 Å². The standard InChI is InChI=1S/C18H19FN4O2.C2HF3O2/c19-14-3-1-13(2-4-14)18(24)23-6-5-22-11-16(7-15(22)10-23)25-17-8-20-12-21-9-17;3-2(4,5)1(6)7/h1-4,8-9,12,15-16H,5-7,10-11H2;(H,6,7)/t15-,16+;/m0./s1. The Kier molecular flexibility index (Phi) is 7.23. The molecule has 0 saturated carbocycles. The summed E-state index contributed by atoms with van der Waals surface area (Å²) < 4.78 is 50.7. The maximum Gasteiger partial charge on any atom is 0.490 e. The van der Waals surface area contributed by atoms with Gasteiger partial charge < -0.3 is 14.7 Å². The number of carbonyl (C=O) groups is 2. The number of carbonyl (C=O) groups excluding carboxylic acids is 1. The molecule has 12 heteroatoms. The van der Waals surface area contributed by atoms with Crippen molar-refractivity contribution >= 4 is 11.9 Å². The predicted molar refractivity (Wildman–Crippen MR) is 102 cm³/mol. The highest BCUT2D eigenvalue weighted by Gasteiger charge is 2.39. The fraction of sp³-hybridized carbons (Fsp3) is 0.400. The molecule has 0 aliphatic carbocycles. The smallest absolute Gasteiger partial charge is 0.486 e. The maximum absolute atomic E-state index is 13.0. The second kappa shape index (κ2) is 9.90. The van der Waals surface area contributed by atoms with Crippen LogP contribution in [0.5, 0.6) is 5.75 Å². The molecule has 2 fully saturated rings. The Balaban J connectivity index is 0.000000360. The molecular weight excluding hydrogens is 436 g/mol. The highest BCUT2D eigenvalue weighted by molar-refractivity contribution is 5.94. The lowest BCUT2D eigenvalue weighted by molar-refractivity contribution is -0.192. The number of piperazine rings is 1. The molecule has 2 saturated heterocycles. The SMILES string of the molecule is O=C(O)C(F)(F)F.O=C(c1ccc(F)cc1)N1CCN2C[C@H](Oc3cncnc3)C[C@H]2C1. The van der Waals surface area contributed by atoms with Crippen molar-refractivity contribution in [2.24, 2.45) is 0 Å². The van der Waals surface area contributed by atoms with Crippen LogP contribution in [0.4, 0.5) is 17.6 Å². The Labute approximate surface area is 180 Å². The number of hydrogen-bond acceptors (Lipinski definition) is 6. The van der Waals surface area contributed by atoms with Gasteiger partial charge in [-0.05, 0) is 24.3 Å². The van der Waals surface area contributed by atoms with E-state index in [-0.39, 0.29) is 23.9 Å². The van der Waals surface area contributed by atoms with Crippen molar-refractivity contribution in [1.29, 1.82) is 0 Å². The molecule has 32 heavy (non-hydrogen) atoms. The van der Waals surface area contributed by atoms with Gasteiger partial charge >= 0.3 is 12.1 Å². The summed E-state index contributed by atoms with van der Waals surface area (Å²) >= 11 is 0. The van der Waals surface area contributed by atoms with Crippen molar-refractivity contribution in [3.63, 3.8) is 0 Å². The Morgan fingerprint density at radius 3 is 2.28 bits per heavy atom. The van der Waals surface area contributed by atoms with Gasteiger partial charge in [0.15, 0.2) is 5.75 Å². The Morgan fingerprint density at radius 2 is 1.69 bits per heavy atom. The van der Waals surface area contributed by atoms with Crippen molar-refractivity contribution in [3.8, 4) is 5.75 Å². The summed E-state index contributed by atoms with van der Waals surface area (Å²) in [7, 11) is 0. The molecule has 8 nitrogen and oxygen atoms in total. The molecule has 0 radical (unpaired) electrons. The summed E-state index contributed by atoms with van der Waals surface area (Å²) in [6.07, 6.45) is 0.659. The zero-order valence-corrected chi connectivity index (χ0v) is 16.7. The number of amides is 1. The Morgan fingerprint density at radius 1 is 1.06 bits per heavy atom. The molecule has 172 valence electrons. The number of halogens is 4. The van der Waals surface area contributed by atoms with Crippen molar-refractivity contribution in [3.05, 3.63) is 54.4 Å². The van der Waals surface area contributed by atoms with E-state index in [0.29, 0.717) is 24.4 Å². The molecule has 1 N–H and O–H groups in total. The quantitative estimate of drug-likeness (QED) is 0.708. The maximum atomic E-state index is 13.0. The molecule has 1 aromatic heterocycles. The van der Waals surface area contributed by atoms with Gasteiger partial charge in [0.25, 0.3) is 5.91 Å². The van der Waals surface area contributed by atoms with Crippen molar-refractivity contribution < 1.29 is 37.0 Å². The third kappa shape index (κ3) is 6.13. The first kappa shape index (κ1) is 23.4. The van der Waals surface area contributed by atoms with Gasteiger partial charge in [-0.25, -0.2) is 19.2 Å². The van der Waals surface area contributed by atoms with E-state index < -0.39 is 12.1 Å². The fourth-order valence-electron chi connectivity index (χ4n) is 3.58. The zero-order valence-electron chi connectivity index (χ0n) is 16.7. The normalized spacial score (nSPS) is 20.7. The molecule has 2 aromatic rings. The lowest BCUT2D eigenvalue weighted by Gasteiger charge is -2.37. The molecule has 3 heterocycles. The van der Waals surface area contributed by atoms with Crippen LogP contribution in [0.2, 0.25) is 0 Å². The molecule has 2 aliphatic rings. The summed E-state index contributed by atoms with van der Waals surface area (Å²) in [4.78, 5) is 33.6. The molecule has 1 aromatic carbocycles. The summed E-state index contributed by atoms with van der Waals surface area (Å²) in [6.45, 7) is 3.01. The van der Waals surface area contributed by atoms with Crippen LogP contribution < -0.4 is 4.74 Å². The van der Waals surface area contributed by atoms with E-state index in [1.54, 1.807) is 24.5 Å². The first-order valence-corrected chi connectivity index (χ1v) is 9.64. The average Bonchev–Trinajstić information content (AvgIpc) is 3.15. The minimum atomic E-state index is -5.08. The second-order valence-corrected chi connectivity index (χ2v) is 7.26. The highest BCUT2D eigenvalue weighted by atomic mass is 19.4. The lowest BCUT2D eigenvalue weighted by Crippen LogP contribution is -2.52. The molecule has 2 aliphatic heterocycles. The lowest BCUT2D eigenvalue weighted by atomic mass is 10.1. The number of aliphatic carboxylic acids is 1. The summed E-state index contributed by atoms with van der Waals surface area (Å²) in [6, 6.07) is 6.02. The van der Waals surface area contributed by atoms with Gasteiger partial charge in [-0.2, -0.15) is 13.2 Å². The van der Waals surface area contributed by atoms with Gasteiger partial charge in [0.1, 0.15) is 18.2 Å². The van der Waals surface area contributed by atoms with Crippen LogP contribution >= 0.6 is 0 Å². The van der Waals surface area contributed by atoms with Crippen LogP contribution in [0.25, 0.3) is 0 Å². The molecule has 0 bridgehead atoms. The van der Waals surface area contributed by atoms with E-state index in [4.69, 9.17) is 14.6 Å². The number of carboxylic acids is 1. The molecule has 2 atom stereocenters. The van der Waals surface area contributed by atoms with Crippen LogP contribution in [-0.2, 0) is 4.79 Å². The number of carboxylic acid groups (broad SMARTS) is 1. The largest absolute Gasteiger partial charge is 0.490 e. The zero-order chi connectivity index (χ0) is 23.3. The number of ether oxygens (including phenoxy) is 1. The predicted octanol–water partition coefficient (Wildman–Crippen LogP) is 2.23. The van der Waals surface area contributed by atoms with E-state index in [2.05, 4.69) is 14.9 Å². The first-order chi connectivity index (χ1) is 15.1. The Hall–Kier alpha value is -3.28. The topological polar surface area (TPSA) is 95.9 Å². The van der Waals surface area contributed by atoms with Crippen LogP contribution in [0.3, 0.4) is 0 Å². The minimum Gasteiger partial charge on any atom is -0.486 e. The number of nitrogens with zero attached hydrogens (tertiary/aromatic N) is 4. The molecule has 0 unspecified atom stereocenters. The summed E-state index contributed by atoms with van der Waals surface area (Å²) in [5.41, 5.74) is 0.530. The van der Waals surface area contributed by atoms with E-state index in [1.807, 2.05) is 4.90 Å². The first-order valence-electron chi connectivity index (χ1n) is 9.64. The minimum absolute atomic E-state index is 0.0412. The van der Waals surface area contributed by atoms with Gasteiger partial charge in [-0.15, -0.1) is 0 Å². The van der Waals surface area contributed by atoms with E-state index in [9.17, 15) is 22.4 Å². The Bertz CT molecular complexity index is 927. The van der Waals surface area contributed by atoms with E-state index in [1.165, 1.54) is 18.5 Å². The number of fused-ring (bicyclic) bond motifs is 1. The molecule has 0 spiro atoms. The number of benzene rings is 1. The molecule has 4 rings (SSSR count). The van der Waals surface area contributed by atoms with Crippen molar-refractivity contribution in [1.82, 2.24) is 19.8 Å². The van der Waals surface area contributed by atoms with Crippen LogP contribution in [0, 0.1) is 5.82 Å². The van der Waals surface area contributed by atoms with Crippen LogP contribution in [-0.4, -0.2) is 81.3 Å². The van der Waals surface area contributed by atoms with Gasteiger partial charge in [0, 0.05) is 44.2 Å². The van der Waals surface area contributed by atoms with E-state index in [0.717, 1.165) is 19.5 Å². The number of aromatic nitrogens is 2. The van der Waals surface area contributed by atoms with Gasteiger partial charge in [-0.3, -0.25) is 9.69 Å². The number of alkyl halides is 3. The third-order valence-electron chi connectivity index (χ3n) is 5.04. The summed E-state index contributed by atoms with van der Waals surface area (Å²) in [5, 5.41) is 7.12. The average molecular weight is 456 g/mol. The van der Waals surface area contributed by atoms with E-state index >= 15 is 0 Å². The van der Waals surface area contributed by atoms with Crippen molar-refractivity contribution in [2.45, 2.75) is 24.7 Å². The highest BCUT2D eigenvalue weighted by Crippen LogP contribution is 2.26. The second-order valence-electron chi connectivity index (χ2n) is 7.26. The van der Waals surface area contributed by atoms with Crippen LogP contribution in [0.15, 0.2) is 43.0 Å². The monoisotopic (exact) mass is 456 g/mol. The third-order valence-corrected chi connectivity index (χ3v) is 5.04. The van der Waals surface area contributed by atoms with Gasteiger partial charge in [-0.1, -0.05) is 0 Å². The summed E-state index contributed by atoms with van der Waals surface area (Å²) in [5.74, 6) is -2.46. The molecular formula is C20H20F4N4O4. The molecule has 1 amide bonds. The van der Waals surface area contributed by atoms with Crippen molar-refractivity contribution in [2.75, 3.05) is 26.2 Å². The fourth-order valence-corrected chi connectivity index (χ4v) is 3.58. The van der Waals surface area contributed by atoms with Crippen LogP contribution in [0.1, 0.15) is 16.8 Å². The number of hydrogen-bond donors (Lipinski definition) is 1.